The monoisotopic (exact) mass is 333 g/mol. The van der Waals surface area contributed by atoms with Crippen LogP contribution in [0.3, 0.4) is 0 Å². The van der Waals surface area contributed by atoms with E-state index in [4.69, 9.17) is 0 Å². The molecule has 1 aliphatic heterocycles. The van der Waals surface area contributed by atoms with Gasteiger partial charge in [-0.15, -0.1) is 11.3 Å². The molecule has 2 aromatic rings. The molecule has 0 aliphatic carbocycles. The molecule has 1 aromatic heterocycles. The SMILES string of the molecule is O=C(NCc1nccs1)C1CCC(=O)N1Cc1ccccc1F. The molecule has 3 rings (SSSR count). The molecule has 1 aromatic carbocycles. The van der Waals surface area contributed by atoms with E-state index < -0.39 is 6.04 Å². The van der Waals surface area contributed by atoms with Crippen LogP contribution in [0, 0.1) is 5.82 Å². The summed E-state index contributed by atoms with van der Waals surface area (Å²) in [7, 11) is 0. The highest BCUT2D eigenvalue weighted by atomic mass is 32.1. The molecule has 1 N–H and O–H groups in total. The zero-order chi connectivity index (χ0) is 16.2. The Morgan fingerprint density at radius 2 is 2.26 bits per heavy atom. The van der Waals surface area contributed by atoms with Gasteiger partial charge in [-0.05, 0) is 12.5 Å². The average Bonchev–Trinajstić information content (AvgIpc) is 3.18. The van der Waals surface area contributed by atoms with E-state index in [-0.39, 0.29) is 24.2 Å². The number of nitrogens with zero attached hydrogens (tertiary/aromatic N) is 2. The molecule has 2 amide bonds. The van der Waals surface area contributed by atoms with E-state index in [1.807, 2.05) is 5.38 Å². The Kier molecular flexibility index (Phi) is 4.66. The quantitative estimate of drug-likeness (QED) is 0.911. The van der Waals surface area contributed by atoms with E-state index in [2.05, 4.69) is 10.3 Å². The molecule has 1 fully saturated rings. The summed E-state index contributed by atoms with van der Waals surface area (Å²) in [6.07, 6.45) is 2.44. The minimum absolute atomic E-state index is 0.112. The van der Waals surface area contributed by atoms with Crippen LogP contribution in [0.5, 0.6) is 0 Å². The van der Waals surface area contributed by atoms with Crippen LogP contribution in [0.4, 0.5) is 4.39 Å². The minimum atomic E-state index is -0.554. The van der Waals surface area contributed by atoms with Gasteiger partial charge in [0.1, 0.15) is 16.9 Å². The number of nitrogens with one attached hydrogen (secondary N) is 1. The summed E-state index contributed by atoms with van der Waals surface area (Å²) < 4.78 is 13.8. The predicted octanol–water partition coefficient (Wildman–Crippen LogP) is 2.09. The van der Waals surface area contributed by atoms with Crippen molar-refractivity contribution in [2.75, 3.05) is 0 Å². The van der Waals surface area contributed by atoms with Crippen molar-refractivity contribution < 1.29 is 14.0 Å². The van der Waals surface area contributed by atoms with Crippen molar-refractivity contribution in [3.8, 4) is 0 Å². The highest BCUT2D eigenvalue weighted by molar-refractivity contribution is 7.09. The third-order valence-electron chi connectivity index (χ3n) is 3.83. The van der Waals surface area contributed by atoms with Crippen molar-refractivity contribution in [2.24, 2.45) is 0 Å². The Morgan fingerprint density at radius 3 is 3.00 bits per heavy atom. The van der Waals surface area contributed by atoms with E-state index in [1.165, 1.54) is 22.3 Å². The minimum Gasteiger partial charge on any atom is -0.348 e. The molecule has 7 heteroatoms. The summed E-state index contributed by atoms with van der Waals surface area (Å²) in [5.41, 5.74) is 0.417. The number of carbonyl (C=O) groups excluding carboxylic acids is 2. The summed E-state index contributed by atoms with van der Waals surface area (Å²) in [6, 6.07) is 5.75. The topological polar surface area (TPSA) is 62.3 Å². The highest BCUT2D eigenvalue weighted by Gasteiger charge is 2.36. The Hall–Kier alpha value is -2.28. The largest absolute Gasteiger partial charge is 0.348 e. The molecule has 1 unspecified atom stereocenters. The number of halogens is 1. The van der Waals surface area contributed by atoms with Gasteiger partial charge in [0.25, 0.3) is 0 Å². The van der Waals surface area contributed by atoms with Gasteiger partial charge in [-0.25, -0.2) is 9.37 Å². The van der Waals surface area contributed by atoms with Crippen LogP contribution in [0.1, 0.15) is 23.4 Å². The van der Waals surface area contributed by atoms with E-state index in [9.17, 15) is 14.0 Å². The van der Waals surface area contributed by atoms with Crippen molar-refractivity contribution in [3.05, 3.63) is 52.2 Å². The van der Waals surface area contributed by atoms with Crippen molar-refractivity contribution in [1.29, 1.82) is 0 Å². The molecular formula is C16H16FN3O2S. The second-order valence-corrected chi connectivity index (χ2v) is 6.29. The van der Waals surface area contributed by atoms with Gasteiger partial charge in [0.2, 0.25) is 11.8 Å². The molecule has 0 radical (unpaired) electrons. The fourth-order valence-electron chi connectivity index (χ4n) is 2.64. The molecule has 1 atom stereocenters. The lowest BCUT2D eigenvalue weighted by atomic mass is 10.1. The first-order chi connectivity index (χ1) is 11.1. The molecule has 0 bridgehead atoms. The van der Waals surface area contributed by atoms with Gasteiger partial charge in [0, 0.05) is 30.1 Å². The first-order valence-electron chi connectivity index (χ1n) is 7.34. The van der Waals surface area contributed by atoms with Crippen LogP contribution < -0.4 is 5.32 Å². The number of amides is 2. The van der Waals surface area contributed by atoms with Crippen molar-refractivity contribution in [1.82, 2.24) is 15.2 Å². The number of thiazole rings is 1. The fourth-order valence-corrected chi connectivity index (χ4v) is 3.19. The number of rotatable bonds is 5. The number of benzene rings is 1. The van der Waals surface area contributed by atoms with E-state index in [0.29, 0.717) is 24.9 Å². The van der Waals surface area contributed by atoms with Crippen LogP contribution in [-0.2, 0) is 22.7 Å². The third-order valence-corrected chi connectivity index (χ3v) is 4.61. The van der Waals surface area contributed by atoms with Gasteiger partial charge >= 0.3 is 0 Å². The summed E-state index contributed by atoms with van der Waals surface area (Å²) in [5.74, 6) is -0.709. The summed E-state index contributed by atoms with van der Waals surface area (Å²) in [5, 5.41) is 5.45. The number of carbonyl (C=O) groups is 2. The molecule has 1 aliphatic rings. The molecule has 0 spiro atoms. The lowest BCUT2D eigenvalue weighted by molar-refractivity contribution is -0.135. The lowest BCUT2D eigenvalue weighted by Crippen LogP contribution is -2.44. The normalized spacial score (nSPS) is 17.5. The first-order valence-corrected chi connectivity index (χ1v) is 8.22. The van der Waals surface area contributed by atoms with Crippen molar-refractivity contribution >= 4 is 23.2 Å². The van der Waals surface area contributed by atoms with Crippen LogP contribution in [0.2, 0.25) is 0 Å². The van der Waals surface area contributed by atoms with Gasteiger partial charge in [-0.2, -0.15) is 0 Å². The van der Waals surface area contributed by atoms with Gasteiger partial charge in [0.15, 0.2) is 0 Å². The maximum absolute atomic E-state index is 13.8. The smallest absolute Gasteiger partial charge is 0.243 e. The predicted molar refractivity (Wildman–Crippen MR) is 83.9 cm³/mol. The summed E-state index contributed by atoms with van der Waals surface area (Å²) in [4.78, 5) is 30.0. The zero-order valence-corrected chi connectivity index (χ0v) is 13.2. The second kappa shape index (κ2) is 6.87. The third kappa shape index (κ3) is 3.56. The summed E-state index contributed by atoms with van der Waals surface area (Å²) >= 11 is 1.46. The Bertz CT molecular complexity index is 705. The van der Waals surface area contributed by atoms with E-state index in [0.717, 1.165) is 5.01 Å². The number of hydrogen-bond donors (Lipinski definition) is 1. The molecule has 23 heavy (non-hydrogen) atoms. The van der Waals surface area contributed by atoms with Gasteiger partial charge in [0.05, 0.1) is 6.54 Å². The molecule has 5 nitrogen and oxygen atoms in total. The summed E-state index contributed by atoms with van der Waals surface area (Å²) in [6.45, 7) is 0.454. The van der Waals surface area contributed by atoms with Gasteiger partial charge in [-0.1, -0.05) is 18.2 Å². The molecule has 0 saturated carbocycles. The van der Waals surface area contributed by atoms with Gasteiger partial charge in [-0.3, -0.25) is 9.59 Å². The highest BCUT2D eigenvalue weighted by Crippen LogP contribution is 2.23. The van der Waals surface area contributed by atoms with Crippen LogP contribution >= 0.6 is 11.3 Å². The van der Waals surface area contributed by atoms with E-state index >= 15 is 0 Å². The Morgan fingerprint density at radius 1 is 1.43 bits per heavy atom. The van der Waals surface area contributed by atoms with Crippen molar-refractivity contribution in [2.45, 2.75) is 32.0 Å². The van der Waals surface area contributed by atoms with Gasteiger partial charge < -0.3 is 10.2 Å². The van der Waals surface area contributed by atoms with Crippen LogP contribution in [0.25, 0.3) is 0 Å². The van der Waals surface area contributed by atoms with E-state index in [1.54, 1.807) is 24.4 Å². The molecular weight excluding hydrogens is 317 g/mol. The lowest BCUT2D eigenvalue weighted by Gasteiger charge is -2.24. The standard InChI is InChI=1S/C16H16FN3O2S/c17-12-4-2-1-3-11(12)10-20-13(5-6-15(20)21)16(22)19-9-14-18-7-8-23-14/h1-4,7-8,13H,5-6,9-10H2,(H,19,22). The first kappa shape index (κ1) is 15.6. The Balaban J connectivity index is 1.67. The second-order valence-electron chi connectivity index (χ2n) is 5.31. The number of hydrogen-bond acceptors (Lipinski definition) is 4. The molecule has 2 heterocycles. The molecule has 120 valence electrons. The van der Waals surface area contributed by atoms with Crippen LogP contribution in [-0.4, -0.2) is 27.7 Å². The number of likely N-dealkylation sites (tertiary alicyclic amines) is 1. The Labute approximate surface area is 137 Å². The number of aromatic nitrogens is 1. The average molecular weight is 333 g/mol. The maximum Gasteiger partial charge on any atom is 0.243 e. The molecule has 1 saturated heterocycles. The maximum atomic E-state index is 13.8. The van der Waals surface area contributed by atoms with Crippen molar-refractivity contribution in [3.63, 3.8) is 0 Å². The zero-order valence-electron chi connectivity index (χ0n) is 12.4. The van der Waals surface area contributed by atoms with Crippen LogP contribution in [0.15, 0.2) is 35.8 Å². The fraction of sp³-hybridized carbons (Fsp3) is 0.312.